The molecule has 0 aromatic carbocycles. The molecule has 0 bridgehead atoms. The maximum absolute atomic E-state index is 6.13. The highest BCUT2D eigenvalue weighted by atomic mass is 35.5. The van der Waals surface area contributed by atoms with Crippen molar-refractivity contribution < 1.29 is 0 Å². The number of halogens is 1. The van der Waals surface area contributed by atoms with Crippen molar-refractivity contribution in [3.8, 4) is 0 Å². The highest BCUT2D eigenvalue weighted by Gasteiger charge is 2.24. The first-order chi connectivity index (χ1) is 7.45. The smallest absolute Gasteiger partial charge is 0.0622 e. The van der Waals surface area contributed by atoms with Crippen molar-refractivity contribution in [2.75, 3.05) is 6.54 Å². The van der Waals surface area contributed by atoms with E-state index in [4.69, 9.17) is 11.6 Å². The lowest BCUT2D eigenvalue weighted by molar-refractivity contribution is 0.268. The Bertz CT molecular complexity index is 331. The fourth-order valence-electron chi connectivity index (χ4n) is 1.69. The van der Waals surface area contributed by atoms with E-state index in [0.717, 1.165) is 23.7 Å². The van der Waals surface area contributed by atoms with E-state index in [-0.39, 0.29) is 5.41 Å². The summed E-state index contributed by atoms with van der Waals surface area (Å²) >= 11 is 6.13. The van der Waals surface area contributed by atoms with Crippen molar-refractivity contribution in [3.63, 3.8) is 0 Å². The zero-order chi connectivity index (χ0) is 12.2. The molecular formula is C13H21ClN2. The summed E-state index contributed by atoms with van der Waals surface area (Å²) in [7, 11) is 0. The van der Waals surface area contributed by atoms with Crippen LogP contribution in [0.2, 0.25) is 5.02 Å². The molecule has 1 heterocycles. The minimum atomic E-state index is 0.205. The lowest BCUT2D eigenvalue weighted by Gasteiger charge is -2.31. The van der Waals surface area contributed by atoms with Crippen LogP contribution in [0.5, 0.6) is 0 Å². The van der Waals surface area contributed by atoms with Gasteiger partial charge in [0.15, 0.2) is 0 Å². The predicted molar refractivity (Wildman–Crippen MR) is 69.9 cm³/mol. The summed E-state index contributed by atoms with van der Waals surface area (Å²) in [6.45, 7) is 9.79. The number of nitrogens with zero attached hydrogens (tertiary/aromatic N) is 1. The molecule has 1 aromatic heterocycles. The molecule has 0 saturated carbocycles. The van der Waals surface area contributed by atoms with Gasteiger partial charge < -0.3 is 5.32 Å². The van der Waals surface area contributed by atoms with Crippen LogP contribution >= 0.6 is 11.6 Å². The average molecular weight is 241 g/mol. The molecule has 0 aliphatic rings. The van der Waals surface area contributed by atoms with E-state index in [1.54, 1.807) is 6.20 Å². The summed E-state index contributed by atoms with van der Waals surface area (Å²) < 4.78 is 0. The molecule has 1 N–H and O–H groups in total. The van der Waals surface area contributed by atoms with Gasteiger partial charge >= 0.3 is 0 Å². The molecular weight excluding hydrogens is 220 g/mol. The molecule has 0 saturated heterocycles. The summed E-state index contributed by atoms with van der Waals surface area (Å²) in [4.78, 5) is 4.34. The van der Waals surface area contributed by atoms with Gasteiger partial charge in [-0.3, -0.25) is 4.98 Å². The highest BCUT2D eigenvalue weighted by molar-refractivity contribution is 6.31. The molecule has 3 heteroatoms. The van der Waals surface area contributed by atoms with Gasteiger partial charge in [-0.2, -0.15) is 0 Å². The quantitative estimate of drug-likeness (QED) is 0.874. The second-order valence-electron chi connectivity index (χ2n) is 5.11. The fraction of sp³-hybridized carbons (Fsp3) is 0.615. The van der Waals surface area contributed by atoms with Crippen LogP contribution in [0.15, 0.2) is 18.3 Å². The fourth-order valence-corrected chi connectivity index (χ4v) is 1.89. The van der Waals surface area contributed by atoms with Crippen LogP contribution in [-0.4, -0.2) is 17.6 Å². The third-order valence-corrected chi connectivity index (χ3v) is 3.07. The van der Waals surface area contributed by atoms with Gasteiger partial charge in [0.05, 0.1) is 10.7 Å². The number of pyridine rings is 1. The topological polar surface area (TPSA) is 24.9 Å². The van der Waals surface area contributed by atoms with Crippen molar-refractivity contribution in [1.82, 2.24) is 10.3 Å². The van der Waals surface area contributed by atoms with E-state index in [1.165, 1.54) is 0 Å². The highest BCUT2D eigenvalue weighted by Crippen LogP contribution is 2.24. The molecule has 0 amide bonds. The summed E-state index contributed by atoms with van der Waals surface area (Å²) in [5, 5.41) is 4.26. The van der Waals surface area contributed by atoms with E-state index in [2.05, 4.69) is 38.0 Å². The van der Waals surface area contributed by atoms with Gasteiger partial charge in [-0.05, 0) is 24.1 Å². The Labute approximate surface area is 103 Å². The van der Waals surface area contributed by atoms with E-state index < -0.39 is 0 Å². The van der Waals surface area contributed by atoms with Gasteiger partial charge in [0.1, 0.15) is 0 Å². The Balaban J connectivity index is 2.80. The van der Waals surface area contributed by atoms with Gasteiger partial charge in [-0.1, -0.05) is 39.3 Å². The van der Waals surface area contributed by atoms with Gasteiger partial charge in [0.2, 0.25) is 0 Å². The molecule has 90 valence electrons. The number of aromatic nitrogens is 1. The average Bonchev–Trinajstić information content (AvgIpc) is 2.19. The molecule has 0 radical (unpaired) electrons. The van der Waals surface area contributed by atoms with E-state index in [1.807, 2.05) is 12.1 Å². The molecule has 1 aromatic rings. The zero-order valence-electron chi connectivity index (χ0n) is 10.5. The Morgan fingerprint density at radius 1 is 1.44 bits per heavy atom. The standard InChI is InChI=1S/C13H21ClN2/c1-5-15-12(13(2,3)4)9-11-10(14)7-6-8-16-11/h6-8,12,15H,5,9H2,1-4H3. The molecule has 1 atom stereocenters. The van der Waals surface area contributed by atoms with Crippen LogP contribution in [0, 0.1) is 5.41 Å². The summed E-state index contributed by atoms with van der Waals surface area (Å²) in [5.41, 5.74) is 1.18. The monoisotopic (exact) mass is 240 g/mol. The lowest BCUT2D eigenvalue weighted by atomic mass is 9.84. The SMILES string of the molecule is CCNC(Cc1ncccc1Cl)C(C)(C)C. The largest absolute Gasteiger partial charge is 0.313 e. The third kappa shape index (κ3) is 3.76. The Morgan fingerprint density at radius 3 is 2.62 bits per heavy atom. The molecule has 0 fully saturated rings. The van der Waals surface area contributed by atoms with Crippen LogP contribution in [-0.2, 0) is 6.42 Å². The van der Waals surface area contributed by atoms with E-state index in [0.29, 0.717) is 6.04 Å². The van der Waals surface area contributed by atoms with Crippen LogP contribution in [0.25, 0.3) is 0 Å². The maximum Gasteiger partial charge on any atom is 0.0622 e. The Morgan fingerprint density at radius 2 is 2.12 bits per heavy atom. The maximum atomic E-state index is 6.13. The minimum absolute atomic E-state index is 0.205. The Hall–Kier alpha value is -0.600. The number of nitrogens with one attached hydrogen (secondary N) is 1. The van der Waals surface area contributed by atoms with Crippen molar-refractivity contribution in [2.24, 2.45) is 5.41 Å². The first-order valence-electron chi connectivity index (χ1n) is 5.78. The van der Waals surface area contributed by atoms with Crippen molar-refractivity contribution in [2.45, 2.75) is 40.2 Å². The summed E-state index contributed by atoms with van der Waals surface area (Å²) in [5.74, 6) is 0. The van der Waals surface area contributed by atoms with E-state index >= 15 is 0 Å². The lowest BCUT2D eigenvalue weighted by Crippen LogP contribution is -2.42. The molecule has 1 unspecified atom stereocenters. The second-order valence-corrected chi connectivity index (χ2v) is 5.52. The number of rotatable bonds is 4. The van der Waals surface area contributed by atoms with Gasteiger partial charge in [0, 0.05) is 18.7 Å². The van der Waals surface area contributed by atoms with Gasteiger partial charge in [-0.15, -0.1) is 0 Å². The summed E-state index contributed by atoms with van der Waals surface area (Å²) in [6.07, 6.45) is 2.67. The molecule has 0 aliphatic heterocycles. The number of hydrogen-bond donors (Lipinski definition) is 1. The van der Waals surface area contributed by atoms with Crippen molar-refractivity contribution in [1.29, 1.82) is 0 Å². The normalized spacial score (nSPS) is 13.8. The van der Waals surface area contributed by atoms with E-state index in [9.17, 15) is 0 Å². The predicted octanol–water partition coefficient (Wildman–Crippen LogP) is 3.30. The summed E-state index contributed by atoms with van der Waals surface area (Å²) in [6, 6.07) is 4.16. The second kappa shape index (κ2) is 5.65. The first-order valence-corrected chi connectivity index (χ1v) is 6.15. The zero-order valence-corrected chi connectivity index (χ0v) is 11.3. The van der Waals surface area contributed by atoms with Crippen LogP contribution in [0.1, 0.15) is 33.4 Å². The van der Waals surface area contributed by atoms with Gasteiger partial charge in [-0.25, -0.2) is 0 Å². The molecule has 16 heavy (non-hydrogen) atoms. The molecule has 0 spiro atoms. The van der Waals surface area contributed by atoms with Crippen molar-refractivity contribution in [3.05, 3.63) is 29.0 Å². The van der Waals surface area contributed by atoms with Crippen LogP contribution in [0.4, 0.5) is 0 Å². The first kappa shape index (κ1) is 13.5. The van der Waals surface area contributed by atoms with Gasteiger partial charge in [0.25, 0.3) is 0 Å². The third-order valence-electron chi connectivity index (χ3n) is 2.73. The number of hydrogen-bond acceptors (Lipinski definition) is 2. The Kier molecular flexibility index (Phi) is 4.75. The van der Waals surface area contributed by atoms with Crippen LogP contribution in [0.3, 0.4) is 0 Å². The minimum Gasteiger partial charge on any atom is -0.313 e. The molecule has 1 rings (SSSR count). The molecule has 2 nitrogen and oxygen atoms in total. The van der Waals surface area contributed by atoms with Crippen LogP contribution < -0.4 is 5.32 Å². The molecule has 0 aliphatic carbocycles. The number of likely N-dealkylation sites (N-methyl/N-ethyl adjacent to an activating group) is 1. The van der Waals surface area contributed by atoms with Crippen molar-refractivity contribution >= 4 is 11.6 Å².